The largest absolute Gasteiger partial charge is 0.507 e. The van der Waals surface area contributed by atoms with E-state index in [-0.39, 0.29) is 29.4 Å². The predicted molar refractivity (Wildman–Crippen MR) is 68.8 cm³/mol. The lowest BCUT2D eigenvalue weighted by Crippen LogP contribution is -2.38. The number of hydrogen-bond donors (Lipinski definition) is 3. The van der Waals surface area contributed by atoms with Gasteiger partial charge in [-0.15, -0.1) is 0 Å². The molecular formula is C13H16ClNO3. The third-order valence-corrected chi connectivity index (χ3v) is 3.47. The molecule has 5 heteroatoms. The monoisotopic (exact) mass is 269 g/mol. The van der Waals surface area contributed by atoms with Crippen molar-refractivity contribution in [2.45, 2.75) is 37.8 Å². The minimum absolute atomic E-state index is 0.0657. The van der Waals surface area contributed by atoms with Crippen LogP contribution in [0.25, 0.3) is 0 Å². The van der Waals surface area contributed by atoms with Gasteiger partial charge in [-0.3, -0.25) is 4.79 Å². The number of hydrogen-bond acceptors (Lipinski definition) is 3. The fraction of sp³-hybridized carbons (Fsp3) is 0.462. The Balaban J connectivity index is 1.99. The summed E-state index contributed by atoms with van der Waals surface area (Å²) in [6, 6.07) is 4.49. The maximum absolute atomic E-state index is 11.9. The zero-order chi connectivity index (χ0) is 13.1. The number of benzene rings is 1. The molecule has 0 saturated heterocycles. The van der Waals surface area contributed by atoms with E-state index >= 15 is 0 Å². The number of aliphatic hydroxyl groups excluding tert-OH is 1. The molecule has 0 aromatic heterocycles. The Kier molecular flexibility index (Phi) is 4.09. The van der Waals surface area contributed by atoms with E-state index in [1.165, 1.54) is 12.1 Å². The number of carbonyl (C=O) groups excluding carboxylic acids is 1. The molecule has 0 spiro atoms. The average Bonchev–Trinajstić information content (AvgIpc) is 2.32. The zero-order valence-corrected chi connectivity index (χ0v) is 10.7. The molecule has 0 atom stereocenters. The molecule has 1 amide bonds. The van der Waals surface area contributed by atoms with E-state index in [0.717, 1.165) is 12.8 Å². The summed E-state index contributed by atoms with van der Waals surface area (Å²) in [5.41, 5.74) is 0.227. The molecule has 0 heterocycles. The number of aromatic hydroxyl groups is 1. The fourth-order valence-corrected chi connectivity index (χ4v) is 2.35. The molecule has 0 bridgehead atoms. The topological polar surface area (TPSA) is 69.6 Å². The molecule has 1 saturated carbocycles. The summed E-state index contributed by atoms with van der Waals surface area (Å²) in [5, 5.41) is 22.3. The molecule has 1 aliphatic carbocycles. The number of aliphatic hydroxyl groups is 1. The van der Waals surface area contributed by atoms with Crippen molar-refractivity contribution in [3.05, 3.63) is 28.8 Å². The van der Waals surface area contributed by atoms with Crippen LogP contribution in [0.2, 0.25) is 5.02 Å². The number of rotatable bonds is 2. The summed E-state index contributed by atoms with van der Waals surface area (Å²) in [7, 11) is 0. The first kappa shape index (κ1) is 13.2. The summed E-state index contributed by atoms with van der Waals surface area (Å²) in [5.74, 6) is -0.415. The predicted octanol–water partition coefficient (Wildman–Crippen LogP) is 2.08. The van der Waals surface area contributed by atoms with Crippen LogP contribution in [0.3, 0.4) is 0 Å². The first-order valence-electron chi connectivity index (χ1n) is 6.03. The van der Waals surface area contributed by atoms with Gasteiger partial charge in [-0.05, 0) is 43.9 Å². The van der Waals surface area contributed by atoms with E-state index in [0.29, 0.717) is 17.9 Å². The van der Waals surface area contributed by atoms with Gasteiger partial charge >= 0.3 is 0 Å². The average molecular weight is 270 g/mol. The molecule has 1 aromatic carbocycles. The number of phenols is 1. The fourth-order valence-electron chi connectivity index (χ4n) is 2.18. The van der Waals surface area contributed by atoms with Crippen LogP contribution < -0.4 is 5.32 Å². The van der Waals surface area contributed by atoms with Gasteiger partial charge in [0.2, 0.25) is 0 Å². The van der Waals surface area contributed by atoms with Gasteiger partial charge < -0.3 is 15.5 Å². The molecule has 1 fully saturated rings. The summed E-state index contributed by atoms with van der Waals surface area (Å²) >= 11 is 5.71. The maximum atomic E-state index is 11.9. The lowest BCUT2D eigenvalue weighted by molar-refractivity contribution is 0.0865. The Morgan fingerprint density at radius 2 is 1.94 bits per heavy atom. The molecule has 98 valence electrons. The highest BCUT2D eigenvalue weighted by molar-refractivity contribution is 6.30. The van der Waals surface area contributed by atoms with Gasteiger partial charge in [0.1, 0.15) is 5.75 Å². The van der Waals surface area contributed by atoms with Crippen LogP contribution in [0.4, 0.5) is 0 Å². The van der Waals surface area contributed by atoms with E-state index in [4.69, 9.17) is 11.6 Å². The van der Waals surface area contributed by atoms with Gasteiger partial charge in [0.05, 0.1) is 11.7 Å². The van der Waals surface area contributed by atoms with Crippen LogP contribution in [-0.4, -0.2) is 28.3 Å². The highest BCUT2D eigenvalue weighted by Crippen LogP contribution is 2.23. The van der Waals surface area contributed by atoms with E-state index in [1.807, 2.05) is 0 Å². The van der Waals surface area contributed by atoms with Gasteiger partial charge in [-0.1, -0.05) is 11.6 Å². The number of phenolic OH excluding ortho intramolecular Hbond substituents is 1. The van der Waals surface area contributed by atoms with Crippen molar-refractivity contribution < 1.29 is 15.0 Å². The Hall–Kier alpha value is -1.26. The van der Waals surface area contributed by atoms with Crippen LogP contribution >= 0.6 is 11.6 Å². The lowest BCUT2D eigenvalue weighted by Gasteiger charge is -2.26. The summed E-state index contributed by atoms with van der Waals surface area (Å²) in [4.78, 5) is 11.9. The van der Waals surface area contributed by atoms with Gasteiger partial charge in [0, 0.05) is 11.1 Å². The van der Waals surface area contributed by atoms with Crippen LogP contribution in [0.15, 0.2) is 18.2 Å². The second-order valence-electron chi connectivity index (χ2n) is 4.64. The second kappa shape index (κ2) is 5.59. The summed E-state index contributed by atoms with van der Waals surface area (Å²) < 4.78 is 0. The highest BCUT2D eigenvalue weighted by atomic mass is 35.5. The maximum Gasteiger partial charge on any atom is 0.255 e. The minimum atomic E-state index is -0.300. The molecule has 18 heavy (non-hydrogen) atoms. The van der Waals surface area contributed by atoms with E-state index in [9.17, 15) is 15.0 Å². The van der Waals surface area contributed by atoms with Gasteiger partial charge in [0.25, 0.3) is 5.91 Å². The van der Waals surface area contributed by atoms with E-state index in [1.54, 1.807) is 6.07 Å². The van der Waals surface area contributed by atoms with Gasteiger partial charge in [-0.2, -0.15) is 0 Å². The number of amides is 1. The van der Waals surface area contributed by atoms with Crippen molar-refractivity contribution >= 4 is 17.5 Å². The third kappa shape index (κ3) is 3.15. The molecule has 2 rings (SSSR count). The van der Waals surface area contributed by atoms with Crippen molar-refractivity contribution in [1.29, 1.82) is 0 Å². The molecule has 1 aliphatic rings. The van der Waals surface area contributed by atoms with Crippen LogP contribution in [0.5, 0.6) is 5.75 Å². The number of nitrogens with one attached hydrogen (secondary N) is 1. The highest BCUT2D eigenvalue weighted by Gasteiger charge is 2.22. The Labute approximate surface area is 111 Å². The molecular weight excluding hydrogens is 254 g/mol. The summed E-state index contributed by atoms with van der Waals surface area (Å²) in [6.45, 7) is 0. The molecule has 1 aromatic rings. The molecule has 0 aliphatic heterocycles. The third-order valence-electron chi connectivity index (χ3n) is 3.24. The van der Waals surface area contributed by atoms with E-state index in [2.05, 4.69) is 5.32 Å². The lowest BCUT2D eigenvalue weighted by atomic mass is 9.93. The molecule has 0 unspecified atom stereocenters. The second-order valence-corrected chi connectivity index (χ2v) is 5.08. The van der Waals surface area contributed by atoms with Crippen LogP contribution in [0.1, 0.15) is 36.0 Å². The molecule has 3 N–H and O–H groups in total. The number of carbonyl (C=O) groups is 1. The Morgan fingerprint density at radius 3 is 2.56 bits per heavy atom. The van der Waals surface area contributed by atoms with Crippen molar-refractivity contribution in [2.24, 2.45) is 0 Å². The minimum Gasteiger partial charge on any atom is -0.507 e. The SMILES string of the molecule is O=C(NC1CCC(O)CC1)c1ccc(Cl)cc1O. The first-order chi connectivity index (χ1) is 8.56. The smallest absolute Gasteiger partial charge is 0.255 e. The van der Waals surface area contributed by atoms with Crippen molar-refractivity contribution in [1.82, 2.24) is 5.32 Å². The number of halogens is 1. The normalized spacial score (nSPS) is 23.7. The zero-order valence-electron chi connectivity index (χ0n) is 9.90. The summed E-state index contributed by atoms with van der Waals surface area (Å²) in [6.07, 6.45) is 2.69. The quantitative estimate of drug-likeness (QED) is 0.770. The first-order valence-corrected chi connectivity index (χ1v) is 6.41. The van der Waals surface area contributed by atoms with Crippen LogP contribution in [0, 0.1) is 0 Å². The molecule has 4 nitrogen and oxygen atoms in total. The van der Waals surface area contributed by atoms with Crippen LogP contribution in [-0.2, 0) is 0 Å². The van der Waals surface area contributed by atoms with Gasteiger partial charge in [-0.25, -0.2) is 0 Å². The van der Waals surface area contributed by atoms with Gasteiger partial charge in [0.15, 0.2) is 0 Å². The van der Waals surface area contributed by atoms with Crippen molar-refractivity contribution in [3.8, 4) is 5.75 Å². The Morgan fingerprint density at radius 1 is 1.28 bits per heavy atom. The van der Waals surface area contributed by atoms with Crippen molar-refractivity contribution in [3.63, 3.8) is 0 Å². The Bertz CT molecular complexity index is 442. The van der Waals surface area contributed by atoms with E-state index < -0.39 is 0 Å². The van der Waals surface area contributed by atoms with Crippen molar-refractivity contribution in [2.75, 3.05) is 0 Å². The standard InChI is InChI=1S/C13H16ClNO3/c14-8-1-6-11(12(17)7-8)13(18)15-9-2-4-10(16)5-3-9/h1,6-7,9-10,16-17H,2-5H2,(H,15,18). The molecule has 0 radical (unpaired) electrons.